The molecule has 0 radical (unpaired) electrons. The van der Waals surface area contributed by atoms with Gasteiger partial charge in [-0.25, -0.2) is 19.2 Å². The van der Waals surface area contributed by atoms with E-state index in [1.54, 1.807) is 18.3 Å². The zero-order valence-corrected chi connectivity index (χ0v) is 30.2. The number of carbonyl (C=O) groups excluding carboxylic acids is 2. The van der Waals surface area contributed by atoms with Crippen LogP contribution < -0.4 is 0 Å². The van der Waals surface area contributed by atoms with Crippen LogP contribution in [0.1, 0.15) is 91.8 Å². The number of H-pyrrole nitrogens is 2. The number of imidazole rings is 2. The molecule has 53 heavy (non-hydrogen) atoms. The van der Waals surface area contributed by atoms with E-state index in [1.165, 1.54) is 5.56 Å². The fraction of sp³-hybridized carbons (Fsp3) is 0.395. The van der Waals surface area contributed by atoms with E-state index in [0.29, 0.717) is 41.5 Å². The number of likely N-dealkylation sites (tertiary alicyclic amines) is 2. The van der Waals surface area contributed by atoms with Crippen molar-refractivity contribution in [3.8, 4) is 33.6 Å². The zero-order valence-electron chi connectivity index (χ0n) is 30.2. The van der Waals surface area contributed by atoms with Crippen molar-refractivity contribution in [2.75, 3.05) is 6.54 Å². The Kier molecular flexibility index (Phi) is 7.35. The van der Waals surface area contributed by atoms with Gasteiger partial charge in [0, 0.05) is 34.5 Å². The molecule has 3 aromatic carbocycles. The predicted octanol–water partition coefficient (Wildman–Crippen LogP) is 8.46. The highest BCUT2D eigenvalue weighted by atomic mass is 19.1. The fourth-order valence-corrected chi connectivity index (χ4v) is 9.22. The van der Waals surface area contributed by atoms with Gasteiger partial charge in [-0.2, -0.15) is 0 Å². The van der Waals surface area contributed by atoms with Crippen LogP contribution in [0.4, 0.5) is 9.18 Å². The number of hydrogen-bond donors (Lipinski definition) is 2. The molecular formula is C43H43FN6O3. The molecule has 10 rings (SSSR count). The lowest BCUT2D eigenvalue weighted by Crippen LogP contribution is -2.38. The largest absolute Gasteiger partial charge is 0.444 e. The normalized spacial score (nSPS) is 25.4. The smallest absolute Gasteiger partial charge is 0.411 e. The molecule has 2 saturated heterocycles. The van der Waals surface area contributed by atoms with Gasteiger partial charge < -0.3 is 14.7 Å². The van der Waals surface area contributed by atoms with Gasteiger partial charge in [0.15, 0.2) is 5.78 Å². The van der Waals surface area contributed by atoms with Crippen molar-refractivity contribution in [2.45, 2.75) is 89.1 Å². The second kappa shape index (κ2) is 12.0. The third-order valence-electron chi connectivity index (χ3n) is 12.0. The van der Waals surface area contributed by atoms with Gasteiger partial charge in [-0.15, -0.1) is 0 Å². The van der Waals surface area contributed by atoms with Crippen LogP contribution in [-0.4, -0.2) is 65.8 Å². The number of Topliss-reactive ketones (excluding diaryl/α,β-unsaturated/α-hetero) is 1. The van der Waals surface area contributed by atoms with Crippen molar-refractivity contribution in [2.24, 2.45) is 11.8 Å². The van der Waals surface area contributed by atoms with Crippen LogP contribution in [0.15, 0.2) is 72.9 Å². The van der Waals surface area contributed by atoms with Gasteiger partial charge in [0.25, 0.3) is 0 Å². The van der Waals surface area contributed by atoms with E-state index >= 15 is 4.39 Å². The molecule has 2 saturated carbocycles. The Morgan fingerprint density at radius 3 is 2.38 bits per heavy atom. The van der Waals surface area contributed by atoms with Crippen molar-refractivity contribution in [1.82, 2.24) is 29.7 Å². The molecule has 4 fully saturated rings. The minimum atomic E-state index is -0.582. The summed E-state index contributed by atoms with van der Waals surface area (Å²) in [7, 11) is 0. The molecule has 9 nitrogen and oxygen atoms in total. The molecule has 4 heterocycles. The first-order chi connectivity index (χ1) is 25.6. The molecule has 2 aromatic heterocycles. The van der Waals surface area contributed by atoms with Crippen LogP contribution in [0.5, 0.6) is 0 Å². The molecule has 0 unspecified atom stereocenters. The minimum Gasteiger partial charge on any atom is -0.444 e. The first-order valence-electron chi connectivity index (χ1n) is 19.0. The number of aryl methyl sites for hydroxylation is 2. The lowest BCUT2D eigenvalue weighted by molar-refractivity contribution is 0.0175. The number of piperidine rings is 2. The van der Waals surface area contributed by atoms with E-state index in [2.05, 4.69) is 38.1 Å². The Balaban J connectivity index is 0.863. The molecule has 2 aliphatic heterocycles. The maximum atomic E-state index is 15.8. The van der Waals surface area contributed by atoms with Crippen LogP contribution in [-0.2, 0) is 17.6 Å². The van der Waals surface area contributed by atoms with Gasteiger partial charge in [0.05, 0.1) is 36.2 Å². The molecule has 0 spiro atoms. The highest BCUT2D eigenvalue weighted by Crippen LogP contribution is 2.54. The van der Waals surface area contributed by atoms with Gasteiger partial charge in [-0.05, 0) is 100.0 Å². The zero-order chi connectivity index (χ0) is 36.2. The van der Waals surface area contributed by atoms with Crippen molar-refractivity contribution < 1.29 is 18.7 Å². The van der Waals surface area contributed by atoms with Gasteiger partial charge in [0.2, 0.25) is 0 Å². The van der Waals surface area contributed by atoms with E-state index < -0.39 is 5.60 Å². The monoisotopic (exact) mass is 710 g/mol. The first kappa shape index (κ1) is 32.6. The number of nitrogens with zero attached hydrogens (tertiary/aromatic N) is 4. The van der Waals surface area contributed by atoms with Crippen molar-refractivity contribution in [3.63, 3.8) is 0 Å². The van der Waals surface area contributed by atoms with Gasteiger partial charge in [-0.3, -0.25) is 14.6 Å². The second-order valence-corrected chi connectivity index (χ2v) is 16.7. The Morgan fingerprint density at radius 1 is 0.849 bits per heavy atom. The van der Waals surface area contributed by atoms with Gasteiger partial charge in [0.1, 0.15) is 23.1 Å². The Morgan fingerprint density at radius 2 is 1.58 bits per heavy atom. The molecule has 5 aromatic rings. The van der Waals surface area contributed by atoms with E-state index in [0.717, 1.165) is 78.0 Å². The molecule has 270 valence electrons. The average molecular weight is 711 g/mol. The number of ketones is 1. The molecule has 2 N–H and O–H groups in total. The number of benzene rings is 3. The fourth-order valence-electron chi connectivity index (χ4n) is 9.22. The standard InChI is InChI=1S/C43H43FN6O3/c1-43(2,3)53-42(52)50-35-18-28(35)20-37(50)40-45-21-33(47-40)30-13-10-25(16-31(30)44)24-9-12-29-26(15-24)11-14-32-39(29)48-41(46-32)36-19-27-17-34(27)49(36)22-38(51)23-7-5-4-6-8-23/h4-10,12-13,15-16,21,27-28,34-37H,11,14,17-20,22H2,1-3H3,(H,45,47)(H,46,48)/t27-,28-,34-,35-,36+,37+/m1/s1. The number of aromatic nitrogens is 4. The van der Waals surface area contributed by atoms with Crippen LogP contribution in [0.3, 0.4) is 0 Å². The molecule has 3 aliphatic carbocycles. The molecule has 10 heteroatoms. The molecule has 1 amide bonds. The number of nitrogens with one attached hydrogen (secondary N) is 2. The summed E-state index contributed by atoms with van der Waals surface area (Å²) in [5, 5.41) is 0. The number of carbonyl (C=O) groups is 2. The van der Waals surface area contributed by atoms with Gasteiger partial charge in [-0.1, -0.05) is 54.6 Å². The summed E-state index contributed by atoms with van der Waals surface area (Å²) in [6.07, 6.45) is 7.06. The molecular weight excluding hydrogens is 668 g/mol. The van der Waals surface area contributed by atoms with E-state index in [9.17, 15) is 9.59 Å². The van der Waals surface area contributed by atoms with E-state index in [-0.39, 0.29) is 35.8 Å². The topological polar surface area (TPSA) is 107 Å². The number of halogens is 1. The number of fused-ring (bicyclic) bond motifs is 5. The Bertz CT molecular complexity index is 2270. The average Bonchev–Trinajstić information content (AvgIpc) is 3.78. The highest BCUT2D eigenvalue weighted by Gasteiger charge is 2.56. The number of aromatic amines is 2. The summed E-state index contributed by atoms with van der Waals surface area (Å²) in [5.74, 6) is 2.54. The summed E-state index contributed by atoms with van der Waals surface area (Å²) in [4.78, 5) is 47.2. The third kappa shape index (κ3) is 5.78. The highest BCUT2D eigenvalue weighted by molar-refractivity contribution is 5.97. The maximum absolute atomic E-state index is 15.8. The second-order valence-electron chi connectivity index (χ2n) is 16.7. The lowest BCUT2D eigenvalue weighted by Gasteiger charge is -2.29. The number of amides is 1. The molecule has 5 aliphatic rings. The lowest BCUT2D eigenvalue weighted by atomic mass is 9.89. The van der Waals surface area contributed by atoms with Crippen molar-refractivity contribution in [3.05, 3.63) is 107 Å². The van der Waals surface area contributed by atoms with Crippen molar-refractivity contribution >= 4 is 11.9 Å². The predicted molar refractivity (Wildman–Crippen MR) is 198 cm³/mol. The number of ether oxygens (including phenoxy) is 1. The summed E-state index contributed by atoms with van der Waals surface area (Å²) in [6, 6.07) is 21.8. The van der Waals surface area contributed by atoms with Crippen LogP contribution >= 0.6 is 0 Å². The minimum absolute atomic E-state index is 0.111. The van der Waals surface area contributed by atoms with E-state index in [4.69, 9.17) is 9.72 Å². The maximum Gasteiger partial charge on any atom is 0.411 e. The van der Waals surface area contributed by atoms with Crippen LogP contribution in [0.2, 0.25) is 0 Å². The molecule has 0 bridgehead atoms. The summed E-state index contributed by atoms with van der Waals surface area (Å²) >= 11 is 0. The summed E-state index contributed by atoms with van der Waals surface area (Å²) in [6.45, 7) is 6.03. The quantitative estimate of drug-likeness (QED) is 0.164. The van der Waals surface area contributed by atoms with E-state index in [1.807, 2.05) is 62.1 Å². The van der Waals surface area contributed by atoms with Crippen molar-refractivity contribution in [1.29, 1.82) is 0 Å². The summed E-state index contributed by atoms with van der Waals surface area (Å²) < 4.78 is 21.5. The summed E-state index contributed by atoms with van der Waals surface area (Å²) in [5.41, 5.74) is 7.41. The van der Waals surface area contributed by atoms with Gasteiger partial charge >= 0.3 is 6.09 Å². The van der Waals surface area contributed by atoms with Crippen LogP contribution in [0.25, 0.3) is 33.6 Å². The SMILES string of the molecule is CC(C)(C)OC(=O)N1[C@@H]2C[C@@H]2C[C@H]1c1ncc(-c2ccc(-c3ccc4c(c3)CCc3[nH]c([C@@H]5C[C@H]6C[C@H]6N5CC(=O)c5ccccc5)nc3-4)cc2F)[nH]1. The number of rotatable bonds is 7. The Hall–Kier alpha value is -5.09. The first-order valence-corrected chi connectivity index (χ1v) is 19.0. The van der Waals surface area contributed by atoms with Crippen LogP contribution in [0, 0.1) is 17.7 Å². The Labute approximate surface area is 308 Å². The number of hydrogen-bond acceptors (Lipinski definition) is 6. The molecule has 6 atom stereocenters. The third-order valence-corrected chi connectivity index (χ3v) is 12.0.